The summed E-state index contributed by atoms with van der Waals surface area (Å²) in [7, 11) is -7.16. The topological polar surface area (TPSA) is 101 Å². The van der Waals surface area contributed by atoms with Gasteiger partial charge < -0.3 is 9.84 Å². The zero-order valence-electron chi connectivity index (χ0n) is 11.5. The van der Waals surface area contributed by atoms with Gasteiger partial charge in [-0.1, -0.05) is 0 Å². The van der Waals surface area contributed by atoms with Crippen molar-refractivity contribution in [3.8, 4) is 0 Å². The molecule has 1 aliphatic heterocycles. The molecule has 1 N–H and O–H groups in total. The lowest BCUT2D eigenvalue weighted by molar-refractivity contribution is 0.0109. The SMILES string of the molecule is CS(=O)(=O)c1ccc(S(=O)(=O)N2CCOCC2CO)cc1. The number of nitrogens with zero attached hydrogens (tertiary/aromatic N) is 1. The Balaban J connectivity index is 2.35. The summed E-state index contributed by atoms with van der Waals surface area (Å²) >= 11 is 0. The number of hydrogen-bond acceptors (Lipinski definition) is 6. The maximum absolute atomic E-state index is 12.5. The van der Waals surface area contributed by atoms with E-state index in [0.717, 1.165) is 6.26 Å². The first-order chi connectivity index (χ1) is 9.76. The number of rotatable bonds is 4. The molecule has 1 unspecified atom stereocenters. The maximum Gasteiger partial charge on any atom is 0.243 e. The average molecular weight is 335 g/mol. The summed E-state index contributed by atoms with van der Waals surface area (Å²) in [4.78, 5) is 0.0531. The van der Waals surface area contributed by atoms with Crippen molar-refractivity contribution >= 4 is 19.9 Å². The molecule has 1 fully saturated rings. The molecule has 9 heteroatoms. The van der Waals surface area contributed by atoms with Crippen molar-refractivity contribution in [2.24, 2.45) is 0 Å². The Hall–Kier alpha value is -1.00. The molecule has 2 rings (SSSR count). The minimum Gasteiger partial charge on any atom is -0.395 e. The van der Waals surface area contributed by atoms with Gasteiger partial charge in [0.2, 0.25) is 10.0 Å². The van der Waals surface area contributed by atoms with Gasteiger partial charge in [-0.15, -0.1) is 0 Å². The molecule has 0 saturated carbocycles. The summed E-state index contributed by atoms with van der Waals surface area (Å²) in [6.45, 7) is 0.219. The predicted molar refractivity (Wildman–Crippen MR) is 75.1 cm³/mol. The quantitative estimate of drug-likeness (QED) is 0.794. The van der Waals surface area contributed by atoms with Gasteiger partial charge >= 0.3 is 0 Å². The van der Waals surface area contributed by atoms with E-state index in [2.05, 4.69) is 0 Å². The fourth-order valence-electron chi connectivity index (χ4n) is 2.09. The van der Waals surface area contributed by atoms with Crippen LogP contribution in [0.1, 0.15) is 0 Å². The van der Waals surface area contributed by atoms with E-state index in [9.17, 15) is 21.9 Å². The zero-order valence-corrected chi connectivity index (χ0v) is 13.1. The van der Waals surface area contributed by atoms with Crippen molar-refractivity contribution in [2.75, 3.05) is 32.6 Å². The van der Waals surface area contributed by atoms with E-state index in [1.807, 2.05) is 0 Å². The van der Waals surface area contributed by atoms with Crippen molar-refractivity contribution in [2.45, 2.75) is 15.8 Å². The third kappa shape index (κ3) is 3.43. The molecule has 1 heterocycles. The molecule has 0 amide bonds. The molecular formula is C12H17NO6S2. The van der Waals surface area contributed by atoms with Gasteiger partial charge in [-0.3, -0.25) is 0 Å². The normalized spacial score (nSPS) is 21.3. The van der Waals surface area contributed by atoms with Gasteiger partial charge in [0, 0.05) is 12.8 Å². The minimum absolute atomic E-state index is 0.00440. The summed E-state index contributed by atoms with van der Waals surface area (Å²) in [6.07, 6.45) is 1.06. The second-order valence-electron chi connectivity index (χ2n) is 4.77. The molecule has 0 aliphatic carbocycles. The number of sulfone groups is 1. The van der Waals surface area contributed by atoms with E-state index in [-0.39, 0.29) is 36.2 Å². The summed E-state index contributed by atoms with van der Waals surface area (Å²) in [5.74, 6) is 0. The molecular weight excluding hydrogens is 318 g/mol. The third-order valence-corrected chi connectivity index (χ3v) is 6.34. The molecule has 118 valence electrons. The van der Waals surface area contributed by atoms with Crippen molar-refractivity contribution < 1.29 is 26.7 Å². The van der Waals surface area contributed by atoms with E-state index < -0.39 is 25.9 Å². The molecule has 21 heavy (non-hydrogen) atoms. The van der Waals surface area contributed by atoms with Crippen molar-refractivity contribution in [3.05, 3.63) is 24.3 Å². The Labute approximate surface area is 124 Å². The van der Waals surface area contributed by atoms with Gasteiger partial charge in [0.15, 0.2) is 9.84 Å². The van der Waals surface area contributed by atoms with E-state index in [0.29, 0.717) is 0 Å². The Morgan fingerprint density at radius 3 is 2.29 bits per heavy atom. The van der Waals surface area contributed by atoms with E-state index in [1.54, 1.807) is 0 Å². The third-order valence-electron chi connectivity index (χ3n) is 3.24. The Morgan fingerprint density at radius 1 is 1.19 bits per heavy atom. The van der Waals surface area contributed by atoms with Crippen molar-refractivity contribution in [3.63, 3.8) is 0 Å². The van der Waals surface area contributed by atoms with Gasteiger partial charge in [0.05, 0.1) is 35.7 Å². The highest BCUT2D eigenvalue weighted by Crippen LogP contribution is 2.22. The summed E-state index contributed by atoms with van der Waals surface area (Å²) in [5, 5.41) is 9.26. The molecule has 1 atom stereocenters. The number of sulfonamides is 1. The first kappa shape index (κ1) is 16.4. The van der Waals surface area contributed by atoms with Gasteiger partial charge in [-0.25, -0.2) is 16.8 Å². The van der Waals surface area contributed by atoms with Gasteiger partial charge in [-0.2, -0.15) is 4.31 Å². The number of benzene rings is 1. The first-order valence-corrected chi connectivity index (χ1v) is 9.60. The van der Waals surface area contributed by atoms with Crippen LogP contribution in [0.5, 0.6) is 0 Å². The van der Waals surface area contributed by atoms with Crippen LogP contribution in [0.15, 0.2) is 34.1 Å². The number of ether oxygens (including phenoxy) is 1. The summed E-state index contributed by atoms with van der Waals surface area (Å²) in [6, 6.07) is 4.41. The van der Waals surface area contributed by atoms with Crippen LogP contribution in [0.25, 0.3) is 0 Å². The molecule has 1 aliphatic rings. The highest BCUT2D eigenvalue weighted by Gasteiger charge is 2.33. The molecule has 1 saturated heterocycles. The van der Waals surface area contributed by atoms with E-state index in [4.69, 9.17) is 4.74 Å². The summed E-state index contributed by atoms with van der Waals surface area (Å²) < 4.78 is 54.2. The highest BCUT2D eigenvalue weighted by molar-refractivity contribution is 7.90. The lowest BCUT2D eigenvalue weighted by Crippen LogP contribution is -2.50. The molecule has 0 bridgehead atoms. The monoisotopic (exact) mass is 335 g/mol. The largest absolute Gasteiger partial charge is 0.395 e. The molecule has 1 aromatic rings. The fraction of sp³-hybridized carbons (Fsp3) is 0.500. The van der Waals surface area contributed by atoms with E-state index >= 15 is 0 Å². The molecule has 1 aromatic carbocycles. The van der Waals surface area contributed by atoms with Crippen LogP contribution in [0.3, 0.4) is 0 Å². The van der Waals surface area contributed by atoms with Crippen LogP contribution in [-0.2, 0) is 24.6 Å². The molecule has 0 radical (unpaired) electrons. The molecule has 0 spiro atoms. The lowest BCUT2D eigenvalue weighted by atomic mass is 10.3. The fourth-order valence-corrected chi connectivity index (χ4v) is 4.31. The van der Waals surface area contributed by atoms with Crippen LogP contribution in [0.4, 0.5) is 0 Å². The maximum atomic E-state index is 12.5. The van der Waals surface area contributed by atoms with Gasteiger partial charge in [0.1, 0.15) is 0 Å². The van der Waals surface area contributed by atoms with Gasteiger partial charge in [-0.05, 0) is 24.3 Å². The summed E-state index contributed by atoms with van der Waals surface area (Å²) in [5.41, 5.74) is 0. The Kier molecular flexibility index (Phi) is 4.69. The van der Waals surface area contributed by atoms with Crippen molar-refractivity contribution in [1.29, 1.82) is 0 Å². The number of hydrogen-bond donors (Lipinski definition) is 1. The van der Waals surface area contributed by atoms with Crippen molar-refractivity contribution in [1.82, 2.24) is 4.31 Å². The van der Waals surface area contributed by atoms with Crippen LogP contribution >= 0.6 is 0 Å². The highest BCUT2D eigenvalue weighted by atomic mass is 32.2. The van der Waals surface area contributed by atoms with E-state index in [1.165, 1.54) is 28.6 Å². The standard InChI is InChI=1S/C12H17NO6S2/c1-20(15,16)11-2-4-12(5-3-11)21(17,18)13-6-7-19-9-10(13)8-14/h2-5,10,14H,6-9H2,1H3. The Bertz CT molecular complexity index is 696. The molecule has 0 aromatic heterocycles. The smallest absolute Gasteiger partial charge is 0.243 e. The number of aliphatic hydroxyl groups excluding tert-OH is 1. The predicted octanol–water partition coefficient (Wildman–Crippen LogP) is -0.528. The second-order valence-corrected chi connectivity index (χ2v) is 8.68. The van der Waals surface area contributed by atoms with Crippen LogP contribution in [0, 0.1) is 0 Å². The zero-order chi connectivity index (χ0) is 15.7. The first-order valence-electron chi connectivity index (χ1n) is 6.27. The van der Waals surface area contributed by atoms with Crippen LogP contribution < -0.4 is 0 Å². The number of aliphatic hydroxyl groups is 1. The van der Waals surface area contributed by atoms with Gasteiger partial charge in [0.25, 0.3) is 0 Å². The average Bonchev–Trinajstić information content (AvgIpc) is 2.46. The van der Waals surface area contributed by atoms with Crippen LogP contribution in [0.2, 0.25) is 0 Å². The van der Waals surface area contributed by atoms with Crippen LogP contribution in [-0.4, -0.2) is 64.9 Å². The lowest BCUT2D eigenvalue weighted by Gasteiger charge is -2.33. The number of morpholine rings is 1. The molecule has 7 nitrogen and oxygen atoms in total. The minimum atomic E-state index is -3.79. The Morgan fingerprint density at radius 2 is 1.76 bits per heavy atom. The second kappa shape index (κ2) is 6.01.